The van der Waals surface area contributed by atoms with Gasteiger partial charge in [-0.3, -0.25) is 14.4 Å². The lowest BCUT2D eigenvalue weighted by Crippen LogP contribution is -2.51. The van der Waals surface area contributed by atoms with Crippen molar-refractivity contribution in [3.8, 4) is 11.1 Å². The first-order valence-electron chi connectivity index (χ1n) is 12.5. The fraction of sp³-hybridized carbons (Fsp3) is 0.300. The highest BCUT2D eigenvalue weighted by Crippen LogP contribution is 2.26. The molecular formula is C30H34N2O5. The van der Waals surface area contributed by atoms with E-state index in [4.69, 9.17) is 0 Å². The lowest BCUT2D eigenvalue weighted by atomic mass is 9.97. The van der Waals surface area contributed by atoms with Crippen LogP contribution in [0.1, 0.15) is 54.7 Å². The van der Waals surface area contributed by atoms with Gasteiger partial charge < -0.3 is 20.4 Å². The number of ketones is 1. The summed E-state index contributed by atoms with van der Waals surface area (Å²) in [5.41, 5.74) is 4.00. The molecule has 3 rings (SSSR count). The van der Waals surface area contributed by atoms with Gasteiger partial charge in [0.1, 0.15) is 0 Å². The van der Waals surface area contributed by atoms with E-state index in [0.717, 1.165) is 22.3 Å². The lowest BCUT2D eigenvalue weighted by molar-refractivity contribution is -0.155. The second kappa shape index (κ2) is 12.9. The Balaban J connectivity index is 1.63. The first-order valence-corrected chi connectivity index (χ1v) is 12.5. The van der Waals surface area contributed by atoms with Crippen LogP contribution in [-0.2, 0) is 16.1 Å². The maximum atomic E-state index is 13.0. The molecule has 0 aliphatic heterocycles. The minimum atomic E-state index is -1.91. The number of aliphatic hydroxyl groups is 2. The number of hydrogen-bond acceptors (Lipinski definition) is 5. The average molecular weight is 503 g/mol. The molecule has 0 saturated heterocycles. The van der Waals surface area contributed by atoms with Gasteiger partial charge in [0, 0.05) is 18.7 Å². The molecule has 0 bridgehead atoms. The number of likely N-dealkylation sites (N-methyl/N-ethyl adjacent to an activating group) is 1. The second-order valence-electron chi connectivity index (χ2n) is 8.87. The second-order valence-corrected chi connectivity index (χ2v) is 8.87. The highest BCUT2D eigenvalue weighted by atomic mass is 16.3. The van der Waals surface area contributed by atoms with Gasteiger partial charge in [-0.2, -0.15) is 0 Å². The van der Waals surface area contributed by atoms with Crippen LogP contribution in [0.25, 0.3) is 11.1 Å². The Morgan fingerprint density at radius 2 is 1.46 bits per heavy atom. The summed E-state index contributed by atoms with van der Waals surface area (Å²) in [6, 6.07) is 23.8. The quantitative estimate of drug-likeness (QED) is 0.345. The van der Waals surface area contributed by atoms with Crippen molar-refractivity contribution in [3.63, 3.8) is 0 Å². The summed E-state index contributed by atoms with van der Waals surface area (Å²) < 4.78 is 0. The van der Waals surface area contributed by atoms with E-state index in [1.165, 1.54) is 11.8 Å². The predicted molar refractivity (Wildman–Crippen MR) is 143 cm³/mol. The van der Waals surface area contributed by atoms with Crippen molar-refractivity contribution in [2.24, 2.45) is 0 Å². The van der Waals surface area contributed by atoms with Crippen LogP contribution in [0.2, 0.25) is 0 Å². The van der Waals surface area contributed by atoms with Crippen molar-refractivity contribution in [3.05, 3.63) is 95.6 Å². The van der Waals surface area contributed by atoms with E-state index in [2.05, 4.69) is 5.32 Å². The van der Waals surface area contributed by atoms with Crippen LogP contribution < -0.4 is 5.32 Å². The fourth-order valence-electron chi connectivity index (χ4n) is 4.43. The van der Waals surface area contributed by atoms with Crippen molar-refractivity contribution in [2.45, 2.75) is 52.0 Å². The van der Waals surface area contributed by atoms with E-state index in [9.17, 15) is 24.6 Å². The van der Waals surface area contributed by atoms with Gasteiger partial charge in [0.15, 0.2) is 18.0 Å². The first-order chi connectivity index (χ1) is 17.8. The SMILES string of the molecule is CC[C@H](c1ccccc1)N(CC)C(=O)[C@H](O)[C@@H](O)C(=O)NCc1ccc(-c2ccccc2C(C)=O)cc1. The van der Waals surface area contributed by atoms with E-state index in [1.807, 2.05) is 79.7 Å². The number of carbonyl (C=O) groups is 3. The van der Waals surface area contributed by atoms with E-state index >= 15 is 0 Å². The van der Waals surface area contributed by atoms with Gasteiger partial charge in [-0.05, 0) is 42.5 Å². The van der Waals surface area contributed by atoms with Gasteiger partial charge in [0.25, 0.3) is 11.8 Å². The van der Waals surface area contributed by atoms with Crippen LogP contribution >= 0.6 is 0 Å². The normalized spacial score (nSPS) is 13.3. The van der Waals surface area contributed by atoms with Crippen LogP contribution in [0.4, 0.5) is 0 Å². The van der Waals surface area contributed by atoms with E-state index < -0.39 is 24.0 Å². The summed E-state index contributed by atoms with van der Waals surface area (Å²) in [5.74, 6) is -1.56. The molecule has 3 aromatic carbocycles. The average Bonchev–Trinajstić information content (AvgIpc) is 2.94. The summed E-state index contributed by atoms with van der Waals surface area (Å²) >= 11 is 0. The number of hydrogen-bond donors (Lipinski definition) is 3. The molecule has 7 nitrogen and oxygen atoms in total. The fourth-order valence-corrected chi connectivity index (χ4v) is 4.43. The third-order valence-corrected chi connectivity index (χ3v) is 6.43. The Labute approximate surface area is 217 Å². The van der Waals surface area contributed by atoms with Gasteiger partial charge in [-0.25, -0.2) is 0 Å². The largest absolute Gasteiger partial charge is 0.380 e. The van der Waals surface area contributed by atoms with E-state index in [-0.39, 0.29) is 18.4 Å². The van der Waals surface area contributed by atoms with Crippen LogP contribution in [0.15, 0.2) is 78.9 Å². The summed E-state index contributed by atoms with van der Waals surface area (Å²) in [6.45, 7) is 5.67. The molecule has 0 aromatic heterocycles. The van der Waals surface area contributed by atoms with Crippen LogP contribution in [0, 0.1) is 0 Å². The zero-order valence-electron chi connectivity index (χ0n) is 21.4. The molecule has 3 N–H and O–H groups in total. The highest BCUT2D eigenvalue weighted by Gasteiger charge is 2.35. The molecule has 0 heterocycles. The lowest BCUT2D eigenvalue weighted by Gasteiger charge is -2.33. The summed E-state index contributed by atoms with van der Waals surface area (Å²) in [4.78, 5) is 39.0. The van der Waals surface area contributed by atoms with Gasteiger partial charge in [0.05, 0.1) is 6.04 Å². The maximum absolute atomic E-state index is 13.0. The number of amides is 2. The molecule has 0 saturated carbocycles. The molecule has 0 aliphatic carbocycles. The monoisotopic (exact) mass is 502 g/mol. The Morgan fingerprint density at radius 3 is 2.05 bits per heavy atom. The number of Topliss-reactive ketones (excluding diaryl/α,β-unsaturated/α-hetero) is 1. The van der Waals surface area contributed by atoms with Crippen molar-refractivity contribution in [1.29, 1.82) is 0 Å². The molecule has 0 unspecified atom stereocenters. The van der Waals surface area contributed by atoms with Gasteiger partial charge >= 0.3 is 0 Å². The van der Waals surface area contributed by atoms with Crippen LogP contribution in [0.3, 0.4) is 0 Å². The smallest absolute Gasteiger partial charge is 0.255 e. The number of benzene rings is 3. The van der Waals surface area contributed by atoms with E-state index in [1.54, 1.807) is 13.0 Å². The molecular weight excluding hydrogens is 468 g/mol. The third-order valence-electron chi connectivity index (χ3n) is 6.43. The molecule has 37 heavy (non-hydrogen) atoms. The Morgan fingerprint density at radius 1 is 0.838 bits per heavy atom. The summed E-state index contributed by atoms with van der Waals surface area (Å²) in [7, 11) is 0. The van der Waals surface area contributed by atoms with Crippen LogP contribution in [-0.4, -0.2) is 51.5 Å². The summed E-state index contributed by atoms with van der Waals surface area (Å²) in [6.07, 6.45) is -3.18. The third kappa shape index (κ3) is 6.70. The number of nitrogens with one attached hydrogen (secondary N) is 1. The molecule has 0 radical (unpaired) electrons. The summed E-state index contributed by atoms with van der Waals surface area (Å²) in [5, 5.41) is 23.6. The molecule has 0 aliphatic rings. The Kier molecular flexibility index (Phi) is 9.71. The van der Waals surface area contributed by atoms with E-state index in [0.29, 0.717) is 18.5 Å². The number of aliphatic hydroxyl groups excluding tert-OH is 2. The van der Waals surface area contributed by atoms with Crippen molar-refractivity contribution in [2.75, 3.05) is 6.54 Å². The minimum absolute atomic E-state index is 0.0234. The van der Waals surface area contributed by atoms with Gasteiger partial charge in [-0.15, -0.1) is 0 Å². The number of nitrogens with zero attached hydrogens (tertiary/aromatic N) is 1. The minimum Gasteiger partial charge on any atom is -0.380 e. The standard InChI is InChI=1S/C30H34N2O5/c1-4-26(23-11-7-6-8-12-23)32(5-2)30(37)28(35)27(34)29(36)31-19-21-15-17-22(18-16-21)25-14-10-9-13-24(25)20(3)33/h6-18,26-28,34-35H,4-5,19H2,1-3H3,(H,31,36)/t26-,27-,28-/m1/s1. The molecule has 0 spiro atoms. The topological polar surface area (TPSA) is 107 Å². The molecule has 3 aromatic rings. The zero-order valence-corrected chi connectivity index (χ0v) is 21.4. The Hall–Kier alpha value is -3.81. The Bertz CT molecular complexity index is 1210. The molecule has 194 valence electrons. The number of carbonyl (C=O) groups excluding carboxylic acids is 3. The van der Waals surface area contributed by atoms with Crippen molar-refractivity contribution < 1.29 is 24.6 Å². The zero-order chi connectivity index (χ0) is 26.9. The predicted octanol–water partition coefficient (Wildman–Crippen LogP) is 3.89. The first kappa shape index (κ1) is 27.8. The molecule has 7 heteroatoms. The van der Waals surface area contributed by atoms with Crippen molar-refractivity contribution >= 4 is 17.6 Å². The highest BCUT2D eigenvalue weighted by molar-refractivity contribution is 6.00. The molecule has 0 fully saturated rings. The molecule has 2 amide bonds. The molecule has 3 atom stereocenters. The van der Waals surface area contributed by atoms with Crippen LogP contribution in [0.5, 0.6) is 0 Å². The number of rotatable bonds is 11. The van der Waals surface area contributed by atoms with Gasteiger partial charge in [0.2, 0.25) is 0 Å². The maximum Gasteiger partial charge on any atom is 0.255 e. The van der Waals surface area contributed by atoms with Crippen molar-refractivity contribution in [1.82, 2.24) is 10.2 Å². The van der Waals surface area contributed by atoms with Gasteiger partial charge in [-0.1, -0.05) is 85.8 Å².